The number of hydrogen-bond acceptors (Lipinski definition) is 47. The molecule has 8 aliphatic rings. The maximum Gasteiger partial charge on any atom is 0.364 e. The zero-order valence-corrected chi connectivity index (χ0v) is 63.1. The van der Waals surface area contributed by atoms with Crippen LogP contribution in [-0.2, 0) is 99.8 Å². The van der Waals surface area contributed by atoms with E-state index in [9.17, 15) is 162 Å². The molecule has 8 fully saturated rings. The summed E-state index contributed by atoms with van der Waals surface area (Å²) in [4.78, 5) is 64.3. The SMILES string of the molecule is CC(=O)N[C@H]1[C@H](O[C@@H]([C@H](O)[C@H](CO)NC(C)=O)[C@H](O)CO[C@@H]2O[C@@H](C)[C@@H](O)[C@@H](O)[C@@H]2O)O[C@H](CO)[C@@H](O[C@@H]2O[C@H](CO[C@H]3O[C@H](CO)[C@@H](O)[C@H](O)[C@@H]3O)[C@@H](O)[C@H](O[C@H]3O[C@H](CO)[C@@H](O)[C@H](O)[C@@H]3O[C@@H]3O[C@H](CO)[C@@H](O)[C@H](O[C@@H]4O[C@H](CO)[C@H](O)[C@H](O[C@]5(C(=O)O)C[C@H](O)[C@@H](NC(C)=O)[C@H]([C@H](O)[C@H](O)CO)O5)[C@H]4O)[C@H]3NC(C)=O)[C@@H]2O)[C@@H]1O. The van der Waals surface area contributed by atoms with Gasteiger partial charge in [0.1, 0.15) is 201 Å². The van der Waals surface area contributed by atoms with Crippen LogP contribution in [0.1, 0.15) is 41.0 Å². The fourth-order valence-corrected chi connectivity index (χ4v) is 14.6. The zero-order valence-electron chi connectivity index (χ0n) is 63.1. The summed E-state index contributed by atoms with van der Waals surface area (Å²) in [6, 6.07) is -7.68. The number of ether oxygens (including phenoxy) is 16. The molecule has 678 valence electrons. The van der Waals surface area contributed by atoms with Gasteiger partial charge in [0.05, 0.1) is 83.8 Å². The van der Waals surface area contributed by atoms with Gasteiger partial charge < -0.3 is 235 Å². The third-order valence-electron chi connectivity index (χ3n) is 20.9. The average Bonchev–Trinajstić information content (AvgIpc) is 0.751. The summed E-state index contributed by atoms with van der Waals surface area (Å²) in [6.07, 6.45) is -88.3. The van der Waals surface area contributed by atoms with Crippen LogP contribution in [0.5, 0.6) is 0 Å². The minimum absolute atomic E-state index is 0.857. The maximum absolute atomic E-state index is 13.3. The topological polar surface area (TPSA) is 827 Å². The summed E-state index contributed by atoms with van der Waals surface area (Å²) in [7, 11) is 0. The molecule has 0 aromatic rings. The Morgan fingerprint density at radius 3 is 1.41 bits per heavy atom. The lowest BCUT2D eigenvalue weighted by atomic mass is 9.88. The molecule has 0 unspecified atom stereocenters. The van der Waals surface area contributed by atoms with Crippen molar-refractivity contribution in [3.63, 3.8) is 0 Å². The Kier molecular flexibility index (Phi) is 35.9. The third-order valence-corrected chi connectivity index (χ3v) is 20.9. The molecule has 8 aliphatic heterocycles. The predicted molar refractivity (Wildman–Crippen MR) is 361 cm³/mol. The fourth-order valence-electron chi connectivity index (χ4n) is 14.6. The highest BCUT2D eigenvalue weighted by Crippen LogP contribution is 2.42. The van der Waals surface area contributed by atoms with Crippen molar-refractivity contribution in [2.75, 3.05) is 59.5 Å². The first-order valence-corrected chi connectivity index (χ1v) is 37.0. The van der Waals surface area contributed by atoms with Crippen LogP contribution in [0, 0.1) is 0 Å². The molecule has 0 aromatic carbocycles. The van der Waals surface area contributed by atoms with Crippen LogP contribution in [0.15, 0.2) is 0 Å². The summed E-state index contributed by atoms with van der Waals surface area (Å²) >= 11 is 0. The second kappa shape index (κ2) is 42.8. The van der Waals surface area contributed by atoms with Crippen LogP contribution in [0.2, 0.25) is 0 Å². The second-order valence-electron chi connectivity index (χ2n) is 29.4. The van der Waals surface area contributed by atoms with Crippen molar-refractivity contribution in [3.8, 4) is 0 Å². The number of aliphatic hydroxyl groups excluding tert-OH is 26. The van der Waals surface area contributed by atoms with E-state index in [0.29, 0.717) is 0 Å². The minimum atomic E-state index is -3.34. The molecule has 0 aliphatic carbocycles. The van der Waals surface area contributed by atoms with E-state index in [1.807, 2.05) is 0 Å². The van der Waals surface area contributed by atoms with Gasteiger partial charge in [-0.2, -0.15) is 0 Å². The number of carbonyl (C=O) groups is 5. The molecule has 117 heavy (non-hydrogen) atoms. The Labute approximate surface area is 662 Å². The van der Waals surface area contributed by atoms with Crippen molar-refractivity contribution in [1.82, 2.24) is 21.3 Å². The molecule has 0 aromatic heterocycles. The normalized spacial score (nSPS) is 45.0. The molecule has 0 bridgehead atoms. The van der Waals surface area contributed by atoms with Gasteiger partial charge in [0, 0.05) is 34.1 Å². The van der Waals surface area contributed by atoms with Crippen molar-refractivity contribution in [2.45, 2.75) is 316 Å². The molecule has 8 rings (SSSR count). The zero-order chi connectivity index (χ0) is 87.0. The minimum Gasteiger partial charge on any atom is -0.477 e. The van der Waals surface area contributed by atoms with E-state index in [2.05, 4.69) is 21.3 Å². The molecular weight excluding hydrogens is 1600 g/mol. The number of nitrogens with one attached hydrogen (secondary N) is 4. The lowest BCUT2D eigenvalue weighted by molar-refractivity contribution is -0.399. The van der Waals surface area contributed by atoms with Gasteiger partial charge in [-0.25, -0.2) is 4.79 Å². The lowest BCUT2D eigenvalue weighted by Crippen LogP contribution is -2.71. The van der Waals surface area contributed by atoms with Crippen molar-refractivity contribution >= 4 is 29.6 Å². The lowest BCUT2D eigenvalue weighted by Gasteiger charge is -2.52. The molecular formula is C65H110N4O48. The predicted octanol–water partition coefficient (Wildman–Crippen LogP) is -20.2. The van der Waals surface area contributed by atoms with Gasteiger partial charge in [-0.05, 0) is 6.92 Å². The molecule has 4 amide bonds. The highest BCUT2D eigenvalue weighted by molar-refractivity contribution is 5.77. The monoisotopic (exact) mass is 1710 g/mol. The van der Waals surface area contributed by atoms with Crippen LogP contribution in [-0.4, -0.2) is 502 Å². The van der Waals surface area contributed by atoms with Gasteiger partial charge in [-0.1, -0.05) is 0 Å². The van der Waals surface area contributed by atoms with Gasteiger partial charge >= 0.3 is 5.97 Å². The van der Waals surface area contributed by atoms with Crippen molar-refractivity contribution < 1.29 is 238 Å². The van der Waals surface area contributed by atoms with Crippen LogP contribution in [0.25, 0.3) is 0 Å². The molecule has 8 saturated heterocycles. The first kappa shape index (κ1) is 98.1. The summed E-state index contributed by atoms with van der Waals surface area (Å²) in [5.41, 5.74) is 0. The molecule has 45 atom stereocenters. The largest absolute Gasteiger partial charge is 0.477 e. The van der Waals surface area contributed by atoms with Crippen molar-refractivity contribution in [3.05, 3.63) is 0 Å². The van der Waals surface area contributed by atoms with Crippen molar-refractivity contribution in [2.24, 2.45) is 0 Å². The number of carboxylic acid groups (broad SMARTS) is 1. The fraction of sp³-hybridized carbons (Fsp3) is 0.923. The first-order valence-electron chi connectivity index (χ1n) is 37.0. The Morgan fingerprint density at radius 1 is 0.410 bits per heavy atom. The number of aliphatic carboxylic acids is 1. The van der Waals surface area contributed by atoms with E-state index >= 15 is 0 Å². The van der Waals surface area contributed by atoms with Gasteiger partial charge in [0.25, 0.3) is 5.79 Å². The standard InChI is InChI=1S/C65H110N4O48/c1-16-34(84)43(93)46(96)59(104-16)102-14-24(83)50(35(85)21(7-70)66-17(2)77)111-57-32(68-19(4)79)42(92)51(29(13-76)109-57)112-61-48(98)54(41(91)30(110-61)15-103-60-47(97)44(94)37(87)25(9-72)106-60)114-63-56(45(95)38(88)26(10-73)108-63)115-58-33(69-20(5)80)52(39(89)27(11-74)105-58)113-62-49(99)55(40(90)28(12-75)107-62)117-65(64(100)101)6-22(81)31(67-18(3)78)53(116-65)36(86)23(82)8-71/h16,21-63,70-76,81-99H,6-15H2,1-5H3,(H,66,77)(H,67,78)(H,68,79)(H,69,80)(H,100,101)/t16-,21-,22-,23+,24+,25+,26+,27+,28+,29+,30+,31+,32+,33+,34+,35+,36+,37+,38+,39+,40-,41+,42+,43+,44-,45-,46-,47-,48-,49+,50+,51+,52+,53+,54-,55-,56-,57-,58-,59+,60-,61-,62-,63+,65-/m0/s1. The van der Waals surface area contributed by atoms with E-state index in [1.165, 1.54) is 6.92 Å². The molecule has 0 saturated carbocycles. The van der Waals surface area contributed by atoms with E-state index < -0.39 is 371 Å². The Balaban J connectivity index is 1.12. The van der Waals surface area contributed by atoms with Crippen molar-refractivity contribution in [1.29, 1.82) is 0 Å². The number of amides is 4. The van der Waals surface area contributed by atoms with Crippen LogP contribution in [0.3, 0.4) is 0 Å². The maximum atomic E-state index is 13.3. The molecule has 52 nitrogen and oxygen atoms in total. The summed E-state index contributed by atoms with van der Waals surface area (Å²) < 4.78 is 93.8. The van der Waals surface area contributed by atoms with Crippen LogP contribution < -0.4 is 21.3 Å². The molecule has 52 heteroatoms. The first-order chi connectivity index (χ1) is 55.1. The number of hydrogen-bond donors (Lipinski definition) is 31. The van der Waals surface area contributed by atoms with Gasteiger partial charge in [-0.15, -0.1) is 0 Å². The summed E-state index contributed by atoms with van der Waals surface area (Å²) in [5.74, 6) is -9.34. The van der Waals surface area contributed by atoms with E-state index in [-0.39, 0.29) is 0 Å². The van der Waals surface area contributed by atoms with E-state index in [4.69, 9.17) is 75.8 Å². The quantitative estimate of drug-likeness (QED) is 0.0280. The third kappa shape index (κ3) is 22.4. The van der Waals surface area contributed by atoms with Crippen LogP contribution >= 0.6 is 0 Å². The Hall–Kier alpha value is -4.33. The number of carboxylic acids is 1. The Bertz CT molecular complexity index is 3140. The van der Waals surface area contributed by atoms with E-state index in [0.717, 1.165) is 27.7 Å². The Morgan fingerprint density at radius 2 is 0.863 bits per heavy atom. The van der Waals surface area contributed by atoms with Gasteiger partial charge in [0.2, 0.25) is 23.6 Å². The molecule has 8 heterocycles. The molecule has 31 N–H and O–H groups in total. The molecule has 0 spiro atoms. The number of carbonyl (C=O) groups excluding carboxylic acids is 4. The number of rotatable bonds is 35. The van der Waals surface area contributed by atoms with Gasteiger partial charge in [0.15, 0.2) is 44.0 Å². The molecule has 0 radical (unpaired) electrons. The smallest absolute Gasteiger partial charge is 0.364 e. The van der Waals surface area contributed by atoms with Crippen LogP contribution in [0.4, 0.5) is 0 Å². The number of aliphatic hydroxyl groups is 26. The van der Waals surface area contributed by atoms with Gasteiger partial charge in [-0.3, -0.25) is 19.2 Å². The highest BCUT2D eigenvalue weighted by atomic mass is 16.8. The average molecular weight is 1720 g/mol. The summed E-state index contributed by atoms with van der Waals surface area (Å²) in [6.45, 7) is -5.50. The second-order valence-corrected chi connectivity index (χ2v) is 29.4. The highest BCUT2D eigenvalue weighted by Gasteiger charge is 2.63. The van der Waals surface area contributed by atoms with E-state index in [1.54, 1.807) is 0 Å². The summed E-state index contributed by atoms with van der Waals surface area (Å²) in [5, 5.41) is 309.